The van der Waals surface area contributed by atoms with Crippen molar-refractivity contribution >= 4 is 23.5 Å². The zero-order valence-electron chi connectivity index (χ0n) is 18.7. The lowest BCUT2D eigenvalue weighted by atomic mass is 9.93. The lowest BCUT2D eigenvalue weighted by Crippen LogP contribution is -2.50. The van der Waals surface area contributed by atoms with Gasteiger partial charge in [-0.3, -0.25) is 9.59 Å². The molecule has 9 heteroatoms. The fourth-order valence-corrected chi connectivity index (χ4v) is 4.51. The van der Waals surface area contributed by atoms with Crippen LogP contribution in [-0.2, 0) is 4.79 Å². The number of hydrogen-bond acceptors (Lipinski definition) is 7. The first-order valence-corrected chi connectivity index (χ1v) is 11.6. The van der Waals surface area contributed by atoms with Crippen molar-refractivity contribution in [2.24, 2.45) is 5.92 Å². The van der Waals surface area contributed by atoms with Crippen LogP contribution in [0.5, 0.6) is 0 Å². The Morgan fingerprint density at radius 1 is 1.16 bits per heavy atom. The van der Waals surface area contributed by atoms with Gasteiger partial charge in [0.05, 0.1) is 6.26 Å². The fraction of sp³-hybridized carbons (Fsp3) is 0.565. The summed E-state index contributed by atoms with van der Waals surface area (Å²) < 4.78 is 5.20. The van der Waals surface area contributed by atoms with Crippen LogP contribution < -0.4 is 10.2 Å². The van der Waals surface area contributed by atoms with E-state index < -0.39 is 0 Å². The van der Waals surface area contributed by atoms with Gasteiger partial charge in [0.15, 0.2) is 5.76 Å². The molecule has 0 bridgehead atoms. The van der Waals surface area contributed by atoms with E-state index in [0.717, 1.165) is 50.5 Å². The first-order valence-electron chi connectivity index (χ1n) is 11.6. The molecule has 2 fully saturated rings. The zero-order chi connectivity index (χ0) is 22.3. The quantitative estimate of drug-likeness (QED) is 0.707. The number of amides is 2. The molecule has 0 radical (unpaired) electrons. The summed E-state index contributed by atoms with van der Waals surface area (Å²) in [6.07, 6.45) is 6.79. The van der Waals surface area contributed by atoms with Gasteiger partial charge in [-0.05, 0) is 44.2 Å². The van der Waals surface area contributed by atoms with Crippen molar-refractivity contribution < 1.29 is 14.0 Å². The molecule has 0 spiro atoms. The first-order chi connectivity index (χ1) is 15.6. The van der Waals surface area contributed by atoms with E-state index in [1.54, 1.807) is 23.4 Å². The Kier molecular flexibility index (Phi) is 7.24. The third-order valence-electron chi connectivity index (χ3n) is 6.27. The molecule has 0 unspecified atom stereocenters. The van der Waals surface area contributed by atoms with Gasteiger partial charge in [0, 0.05) is 58.3 Å². The Morgan fingerprint density at radius 3 is 2.72 bits per heavy atom. The number of hydrogen-bond donors (Lipinski definition) is 1. The molecule has 172 valence electrons. The molecule has 2 saturated heterocycles. The number of aromatic nitrogens is 2. The number of carbonyl (C=O) groups is 2. The number of carbonyl (C=O) groups excluding carboxylic acids is 2. The van der Waals surface area contributed by atoms with Crippen LogP contribution in [0.2, 0.25) is 0 Å². The van der Waals surface area contributed by atoms with Gasteiger partial charge in [0.25, 0.3) is 5.91 Å². The molecule has 0 aromatic carbocycles. The normalized spacial score (nSPS) is 19.2. The fourth-order valence-electron chi connectivity index (χ4n) is 4.51. The summed E-state index contributed by atoms with van der Waals surface area (Å²) in [6.45, 7) is 7.03. The molecule has 2 aliphatic rings. The Labute approximate surface area is 188 Å². The maximum atomic E-state index is 12.8. The van der Waals surface area contributed by atoms with Crippen molar-refractivity contribution in [2.75, 3.05) is 56.0 Å². The summed E-state index contributed by atoms with van der Waals surface area (Å²) in [6, 6.07) is 5.39. The summed E-state index contributed by atoms with van der Waals surface area (Å²) in [5, 5.41) is 3.23. The monoisotopic (exact) mass is 440 g/mol. The predicted molar refractivity (Wildman–Crippen MR) is 122 cm³/mol. The van der Waals surface area contributed by atoms with Crippen molar-refractivity contribution in [3.63, 3.8) is 0 Å². The Morgan fingerprint density at radius 2 is 1.97 bits per heavy atom. The Hall–Kier alpha value is -3.10. The second-order valence-corrected chi connectivity index (χ2v) is 8.44. The standard InChI is InChI=1S/C23H32N6O3/c1-2-24-20-15-21(26-17-25-20)29-9-3-5-18(16-29)7-8-22(30)27-10-12-28(13-11-27)23(31)19-6-4-14-32-19/h4,6,14-15,17-18H,2-3,5,7-13,16H2,1H3,(H,24,25,26)/t18-/m1/s1. The van der Waals surface area contributed by atoms with Gasteiger partial charge < -0.3 is 24.4 Å². The van der Waals surface area contributed by atoms with E-state index in [0.29, 0.717) is 44.3 Å². The van der Waals surface area contributed by atoms with Crippen molar-refractivity contribution in [3.8, 4) is 0 Å². The molecule has 2 amide bonds. The first kappa shape index (κ1) is 22.1. The van der Waals surface area contributed by atoms with Crippen LogP contribution in [0, 0.1) is 5.92 Å². The minimum atomic E-state index is -0.105. The summed E-state index contributed by atoms with van der Waals surface area (Å²) in [7, 11) is 0. The molecule has 1 N–H and O–H groups in total. The molecule has 0 aliphatic carbocycles. The molecule has 2 aliphatic heterocycles. The molecule has 32 heavy (non-hydrogen) atoms. The summed E-state index contributed by atoms with van der Waals surface area (Å²) in [4.78, 5) is 39.8. The minimum absolute atomic E-state index is 0.105. The number of furan rings is 1. The number of nitrogens with one attached hydrogen (secondary N) is 1. The highest BCUT2D eigenvalue weighted by Crippen LogP contribution is 2.26. The maximum absolute atomic E-state index is 12.8. The van der Waals surface area contributed by atoms with Crippen LogP contribution in [0.3, 0.4) is 0 Å². The molecular weight excluding hydrogens is 408 g/mol. The average Bonchev–Trinajstić information content (AvgIpc) is 3.38. The van der Waals surface area contributed by atoms with Crippen LogP contribution in [-0.4, -0.2) is 77.4 Å². The van der Waals surface area contributed by atoms with Crippen molar-refractivity contribution in [2.45, 2.75) is 32.6 Å². The van der Waals surface area contributed by atoms with Gasteiger partial charge in [0.2, 0.25) is 5.91 Å². The smallest absolute Gasteiger partial charge is 0.289 e. The molecule has 9 nitrogen and oxygen atoms in total. The molecule has 2 aromatic rings. The molecule has 1 atom stereocenters. The van der Waals surface area contributed by atoms with E-state index in [-0.39, 0.29) is 11.8 Å². The zero-order valence-corrected chi connectivity index (χ0v) is 18.7. The van der Waals surface area contributed by atoms with E-state index in [1.165, 1.54) is 6.26 Å². The SMILES string of the molecule is CCNc1cc(N2CCC[C@H](CCC(=O)N3CCN(C(=O)c4ccco4)CC3)C2)ncn1. The Balaban J connectivity index is 1.23. The molecular formula is C23H32N6O3. The van der Waals surface area contributed by atoms with Gasteiger partial charge in [-0.25, -0.2) is 9.97 Å². The van der Waals surface area contributed by atoms with Crippen LogP contribution in [0.15, 0.2) is 35.2 Å². The van der Waals surface area contributed by atoms with E-state index in [1.807, 2.05) is 17.9 Å². The van der Waals surface area contributed by atoms with E-state index >= 15 is 0 Å². The Bertz CT molecular complexity index is 895. The predicted octanol–water partition coefficient (Wildman–Crippen LogP) is 2.48. The summed E-state index contributed by atoms with van der Waals surface area (Å²) in [5.41, 5.74) is 0. The van der Waals surface area contributed by atoms with Crippen LogP contribution >= 0.6 is 0 Å². The largest absolute Gasteiger partial charge is 0.459 e. The topological polar surface area (TPSA) is 94.8 Å². The second-order valence-electron chi connectivity index (χ2n) is 8.44. The number of piperidine rings is 1. The van der Waals surface area contributed by atoms with Crippen molar-refractivity contribution in [1.29, 1.82) is 0 Å². The molecule has 0 saturated carbocycles. The molecule has 2 aromatic heterocycles. The highest BCUT2D eigenvalue weighted by Gasteiger charge is 2.27. The molecule has 4 rings (SSSR count). The van der Waals surface area contributed by atoms with E-state index in [4.69, 9.17) is 4.42 Å². The number of piperazine rings is 1. The van der Waals surface area contributed by atoms with Gasteiger partial charge in [-0.1, -0.05) is 0 Å². The van der Waals surface area contributed by atoms with Crippen LogP contribution in [0.1, 0.15) is 43.2 Å². The third-order valence-corrected chi connectivity index (χ3v) is 6.27. The highest BCUT2D eigenvalue weighted by molar-refractivity contribution is 5.91. The van der Waals surface area contributed by atoms with Gasteiger partial charge in [-0.2, -0.15) is 0 Å². The van der Waals surface area contributed by atoms with Crippen molar-refractivity contribution in [1.82, 2.24) is 19.8 Å². The third kappa shape index (κ3) is 5.38. The van der Waals surface area contributed by atoms with Gasteiger partial charge >= 0.3 is 0 Å². The van der Waals surface area contributed by atoms with Crippen molar-refractivity contribution in [3.05, 3.63) is 36.5 Å². The number of anilines is 2. The van der Waals surface area contributed by atoms with Crippen LogP contribution in [0.4, 0.5) is 11.6 Å². The maximum Gasteiger partial charge on any atom is 0.289 e. The van der Waals surface area contributed by atoms with Crippen LogP contribution in [0.25, 0.3) is 0 Å². The minimum Gasteiger partial charge on any atom is -0.459 e. The van der Waals surface area contributed by atoms with E-state index in [9.17, 15) is 9.59 Å². The highest BCUT2D eigenvalue weighted by atomic mass is 16.3. The lowest BCUT2D eigenvalue weighted by molar-refractivity contribution is -0.133. The van der Waals surface area contributed by atoms with Gasteiger partial charge in [0.1, 0.15) is 18.0 Å². The summed E-state index contributed by atoms with van der Waals surface area (Å²) in [5.74, 6) is 2.71. The average molecular weight is 441 g/mol. The van der Waals surface area contributed by atoms with Gasteiger partial charge in [-0.15, -0.1) is 0 Å². The lowest BCUT2D eigenvalue weighted by Gasteiger charge is -2.36. The number of nitrogens with zero attached hydrogens (tertiary/aromatic N) is 5. The second kappa shape index (κ2) is 10.5. The number of rotatable bonds is 7. The summed E-state index contributed by atoms with van der Waals surface area (Å²) >= 11 is 0. The van der Waals surface area contributed by atoms with E-state index in [2.05, 4.69) is 20.2 Å². The molecule has 4 heterocycles.